The minimum absolute atomic E-state index is 0.0706. The molecule has 1 fully saturated rings. The minimum Gasteiger partial charge on any atom is -0.392 e. The van der Waals surface area contributed by atoms with Crippen LogP contribution < -0.4 is 10.2 Å². The van der Waals surface area contributed by atoms with Crippen LogP contribution in [-0.2, 0) is 11.4 Å². The summed E-state index contributed by atoms with van der Waals surface area (Å²) in [5.41, 5.74) is 3.22. The van der Waals surface area contributed by atoms with E-state index >= 15 is 0 Å². The molecule has 0 aromatic heterocycles. The highest BCUT2D eigenvalue weighted by Gasteiger charge is 2.15. The Balaban J connectivity index is 2.18. The van der Waals surface area contributed by atoms with Crippen molar-refractivity contribution in [2.75, 3.05) is 24.5 Å². The summed E-state index contributed by atoms with van der Waals surface area (Å²) < 4.78 is 0. The van der Waals surface area contributed by atoms with E-state index in [0.29, 0.717) is 13.0 Å². The number of rotatable bonds is 2. The number of carbonyl (C=O) groups excluding carboxylic acids is 1. The van der Waals surface area contributed by atoms with Crippen molar-refractivity contribution in [3.05, 3.63) is 29.3 Å². The molecule has 1 saturated heterocycles. The van der Waals surface area contributed by atoms with E-state index in [9.17, 15) is 4.79 Å². The van der Waals surface area contributed by atoms with Gasteiger partial charge in [-0.15, -0.1) is 0 Å². The summed E-state index contributed by atoms with van der Waals surface area (Å²) in [7, 11) is 0. The molecule has 0 unspecified atom stereocenters. The van der Waals surface area contributed by atoms with Gasteiger partial charge in [0.2, 0.25) is 5.91 Å². The zero-order valence-corrected chi connectivity index (χ0v) is 10.1. The highest BCUT2D eigenvalue weighted by molar-refractivity contribution is 5.77. The first kappa shape index (κ1) is 11.9. The van der Waals surface area contributed by atoms with Crippen molar-refractivity contribution < 1.29 is 9.90 Å². The van der Waals surface area contributed by atoms with Gasteiger partial charge in [0, 0.05) is 31.7 Å². The minimum atomic E-state index is 0.0706. The summed E-state index contributed by atoms with van der Waals surface area (Å²) in [5, 5.41) is 11.9. The van der Waals surface area contributed by atoms with Crippen molar-refractivity contribution in [3.63, 3.8) is 0 Å². The number of nitrogens with zero attached hydrogens (tertiary/aromatic N) is 1. The van der Waals surface area contributed by atoms with E-state index in [4.69, 9.17) is 5.11 Å². The number of anilines is 1. The largest absolute Gasteiger partial charge is 0.392 e. The molecule has 1 aliphatic heterocycles. The zero-order valence-electron chi connectivity index (χ0n) is 10.1. The van der Waals surface area contributed by atoms with Crippen molar-refractivity contribution in [3.8, 4) is 0 Å². The van der Waals surface area contributed by atoms with Gasteiger partial charge in [-0.2, -0.15) is 0 Å². The van der Waals surface area contributed by atoms with Crippen LogP contribution in [0.1, 0.15) is 17.5 Å². The predicted molar refractivity (Wildman–Crippen MR) is 66.9 cm³/mol. The smallest absolute Gasteiger partial charge is 0.221 e. The van der Waals surface area contributed by atoms with Gasteiger partial charge in [-0.05, 0) is 24.1 Å². The number of aliphatic hydroxyl groups excluding tert-OH is 1. The van der Waals surface area contributed by atoms with Crippen LogP contribution >= 0.6 is 0 Å². The molecule has 0 saturated carbocycles. The fourth-order valence-corrected chi connectivity index (χ4v) is 2.18. The Morgan fingerprint density at radius 1 is 1.41 bits per heavy atom. The van der Waals surface area contributed by atoms with Gasteiger partial charge in [0.25, 0.3) is 0 Å². The average Bonchev–Trinajstić information content (AvgIpc) is 2.54. The first-order valence-corrected chi connectivity index (χ1v) is 5.93. The third-order valence-electron chi connectivity index (χ3n) is 3.10. The predicted octanol–water partition coefficient (Wildman–Crippen LogP) is 0.814. The van der Waals surface area contributed by atoms with Crippen molar-refractivity contribution in [1.82, 2.24) is 5.32 Å². The molecule has 2 N–H and O–H groups in total. The normalized spacial score (nSPS) is 16.6. The number of nitrogens with one attached hydrogen (secondary N) is 1. The Morgan fingerprint density at radius 2 is 2.24 bits per heavy atom. The highest BCUT2D eigenvalue weighted by Crippen LogP contribution is 2.22. The summed E-state index contributed by atoms with van der Waals surface area (Å²) in [4.78, 5) is 13.5. The topological polar surface area (TPSA) is 52.6 Å². The van der Waals surface area contributed by atoms with Crippen molar-refractivity contribution in [1.29, 1.82) is 0 Å². The van der Waals surface area contributed by atoms with Gasteiger partial charge in [-0.1, -0.05) is 12.1 Å². The molecule has 0 aliphatic carbocycles. The number of hydrogen-bond donors (Lipinski definition) is 2. The fraction of sp³-hybridized carbons (Fsp3) is 0.462. The van der Waals surface area contributed by atoms with Gasteiger partial charge in [0.1, 0.15) is 0 Å². The molecule has 1 amide bonds. The summed E-state index contributed by atoms with van der Waals surface area (Å²) in [6.07, 6.45) is 0.543. The molecular weight excluding hydrogens is 216 g/mol. The SMILES string of the molecule is Cc1cc(CO)ccc1N1CCNC(=O)CC1. The van der Waals surface area contributed by atoms with Crippen LogP contribution in [0.3, 0.4) is 0 Å². The lowest BCUT2D eigenvalue weighted by Crippen LogP contribution is -2.28. The second-order valence-electron chi connectivity index (χ2n) is 4.37. The third kappa shape index (κ3) is 2.77. The van der Waals surface area contributed by atoms with E-state index in [1.54, 1.807) is 0 Å². The van der Waals surface area contributed by atoms with Crippen LogP contribution in [0, 0.1) is 6.92 Å². The Morgan fingerprint density at radius 3 is 2.94 bits per heavy atom. The quantitative estimate of drug-likeness (QED) is 0.796. The lowest BCUT2D eigenvalue weighted by Gasteiger charge is -2.24. The number of benzene rings is 1. The van der Waals surface area contributed by atoms with Crippen LogP contribution in [0.5, 0.6) is 0 Å². The molecule has 1 aromatic carbocycles. The van der Waals surface area contributed by atoms with Gasteiger partial charge in [-0.3, -0.25) is 4.79 Å². The number of carbonyl (C=O) groups is 1. The first-order valence-electron chi connectivity index (χ1n) is 5.93. The monoisotopic (exact) mass is 234 g/mol. The zero-order chi connectivity index (χ0) is 12.3. The lowest BCUT2D eigenvalue weighted by molar-refractivity contribution is -0.120. The molecule has 0 bridgehead atoms. The van der Waals surface area contributed by atoms with Crippen LogP contribution in [-0.4, -0.2) is 30.6 Å². The van der Waals surface area contributed by atoms with Crippen LogP contribution in [0.2, 0.25) is 0 Å². The van der Waals surface area contributed by atoms with Crippen molar-refractivity contribution >= 4 is 11.6 Å². The summed E-state index contributed by atoms with van der Waals surface area (Å²) in [6, 6.07) is 5.95. The molecule has 4 nitrogen and oxygen atoms in total. The Bertz CT molecular complexity index is 418. The molecule has 4 heteroatoms. The number of amides is 1. The molecule has 17 heavy (non-hydrogen) atoms. The number of hydrogen-bond acceptors (Lipinski definition) is 3. The summed E-state index contributed by atoms with van der Waals surface area (Å²) >= 11 is 0. The standard InChI is InChI=1S/C13H18N2O2/c1-10-8-11(9-16)2-3-12(10)15-6-4-13(17)14-5-7-15/h2-3,8,16H,4-7,9H2,1H3,(H,14,17). The van der Waals surface area contributed by atoms with Crippen molar-refractivity contribution in [2.45, 2.75) is 20.0 Å². The van der Waals surface area contributed by atoms with E-state index < -0.39 is 0 Å². The Hall–Kier alpha value is -1.55. The van der Waals surface area contributed by atoms with E-state index in [0.717, 1.165) is 29.9 Å². The maximum absolute atomic E-state index is 11.3. The molecule has 1 aromatic rings. The molecule has 2 rings (SSSR count). The molecule has 0 radical (unpaired) electrons. The van der Waals surface area contributed by atoms with E-state index in [2.05, 4.69) is 10.2 Å². The van der Waals surface area contributed by atoms with Gasteiger partial charge in [-0.25, -0.2) is 0 Å². The van der Waals surface area contributed by atoms with E-state index in [1.807, 2.05) is 25.1 Å². The third-order valence-corrected chi connectivity index (χ3v) is 3.10. The highest BCUT2D eigenvalue weighted by atomic mass is 16.3. The average molecular weight is 234 g/mol. The maximum atomic E-state index is 11.3. The van der Waals surface area contributed by atoms with Gasteiger partial charge >= 0.3 is 0 Å². The van der Waals surface area contributed by atoms with Crippen molar-refractivity contribution in [2.24, 2.45) is 0 Å². The van der Waals surface area contributed by atoms with Gasteiger partial charge < -0.3 is 15.3 Å². The van der Waals surface area contributed by atoms with Crippen LogP contribution in [0.4, 0.5) is 5.69 Å². The Labute approximate surface area is 101 Å². The molecule has 0 atom stereocenters. The molecular formula is C13H18N2O2. The number of aliphatic hydroxyl groups is 1. The second kappa shape index (κ2) is 5.19. The van der Waals surface area contributed by atoms with E-state index in [-0.39, 0.29) is 12.5 Å². The molecule has 1 aliphatic rings. The molecule has 1 heterocycles. The lowest BCUT2D eigenvalue weighted by atomic mass is 10.1. The molecule has 92 valence electrons. The summed E-state index contributed by atoms with van der Waals surface area (Å²) in [5.74, 6) is 0.122. The second-order valence-corrected chi connectivity index (χ2v) is 4.37. The maximum Gasteiger partial charge on any atom is 0.221 e. The van der Waals surface area contributed by atoms with Gasteiger partial charge in [0.15, 0.2) is 0 Å². The van der Waals surface area contributed by atoms with E-state index in [1.165, 1.54) is 0 Å². The summed E-state index contributed by atoms with van der Waals surface area (Å²) in [6.45, 7) is 4.39. The van der Waals surface area contributed by atoms with Gasteiger partial charge in [0.05, 0.1) is 6.61 Å². The Kier molecular flexibility index (Phi) is 3.64. The molecule has 0 spiro atoms. The number of aryl methyl sites for hydroxylation is 1. The fourth-order valence-electron chi connectivity index (χ4n) is 2.18. The van der Waals surface area contributed by atoms with Crippen LogP contribution in [0.15, 0.2) is 18.2 Å². The first-order chi connectivity index (χ1) is 8.20. The van der Waals surface area contributed by atoms with Crippen LogP contribution in [0.25, 0.3) is 0 Å².